The summed E-state index contributed by atoms with van der Waals surface area (Å²) in [4.78, 5) is 16.4. The molecule has 12 heteroatoms. The van der Waals surface area contributed by atoms with Crippen LogP contribution in [0.5, 0.6) is 0 Å². The van der Waals surface area contributed by atoms with Gasteiger partial charge < -0.3 is 29.3 Å². The third kappa shape index (κ3) is 9.43. The maximum atomic E-state index is 12.1. The standard InChI is InChI=1S/C15H29N4O6P.C6H15N/c1-14(2,3)18-26(22,23)24-9-15(17-19-16)13(21)11(20)12(25-15)10-7-5-4-6-8-10;1-4-7(5-2)6-3/h10-13,20-21H,4-9H2,1-3H3,(H2,18,22,23);4-6H2,1-3H3/t11-,12-,13-,15+;/m0./s1. The van der Waals surface area contributed by atoms with Crippen LogP contribution in [0.25, 0.3) is 10.4 Å². The van der Waals surface area contributed by atoms with Crippen molar-refractivity contribution >= 4 is 7.75 Å². The van der Waals surface area contributed by atoms with Gasteiger partial charge in [-0.1, -0.05) is 24.4 Å². The predicted molar refractivity (Wildman–Crippen MR) is 124 cm³/mol. The van der Waals surface area contributed by atoms with Crippen LogP contribution in [0.3, 0.4) is 0 Å². The van der Waals surface area contributed by atoms with E-state index in [1.165, 1.54) is 19.6 Å². The van der Waals surface area contributed by atoms with Gasteiger partial charge in [-0.3, -0.25) is 9.65 Å². The molecule has 1 unspecified atom stereocenters. The van der Waals surface area contributed by atoms with Crippen LogP contribution in [-0.4, -0.2) is 66.0 Å². The van der Waals surface area contributed by atoms with Crippen LogP contribution in [0, 0.1) is 5.92 Å². The molecule has 0 radical (unpaired) electrons. The van der Waals surface area contributed by atoms with Gasteiger partial charge in [0, 0.05) is 10.5 Å². The molecular formula is C21H44N5O6P. The number of nitrogens with zero attached hydrogens (tertiary/aromatic N) is 3. The highest BCUT2D eigenvalue weighted by Crippen LogP contribution is 2.43. The molecule has 1 heterocycles. The molecule has 1 aliphatic heterocycles. The van der Waals surface area contributed by atoms with Crippen molar-refractivity contribution in [3.05, 3.63) is 10.4 Å². The number of hydrogen-bond acceptors (Lipinski definition) is 7. The second kappa shape index (κ2) is 13.4. The first kappa shape index (κ1) is 30.3. The van der Waals surface area contributed by atoms with Crippen LogP contribution in [0.4, 0.5) is 0 Å². The van der Waals surface area contributed by atoms with Gasteiger partial charge in [-0.15, -0.1) is 0 Å². The van der Waals surface area contributed by atoms with Crippen molar-refractivity contribution in [3.8, 4) is 0 Å². The van der Waals surface area contributed by atoms with Gasteiger partial charge in [-0.05, 0) is 65.8 Å². The minimum Gasteiger partial charge on any atom is -0.766 e. The molecule has 2 rings (SSSR count). The Morgan fingerprint density at radius 2 is 1.76 bits per heavy atom. The van der Waals surface area contributed by atoms with Gasteiger partial charge in [0.15, 0.2) is 5.72 Å². The third-order valence-electron chi connectivity index (χ3n) is 6.20. The predicted octanol–water partition coefficient (Wildman–Crippen LogP) is 1.50. The summed E-state index contributed by atoms with van der Waals surface area (Å²) in [5.74, 6) is 0.0101. The van der Waals surface area contributed by atoms with E-state index in [0.717, 1.165) is 32.1 Å². The lowest BCUT2D eigenvalue weighted by Crippen LogP contribution is -3.11. The van der Waals surface area contributed by atoms with Crippen molar-refractivity contribution < 1.29 is 33.8 Å². The monoisotopic (exact) mass is 493 g/mol. The zero-order valence-corrected chi connectivity index (χ0v) is 21.9. The summed E-state index contributed by atoms with van der Waals surface area (Å²) in [6, 6.07) is 0. The molecule has 0 bridgehead atoms. The second-order valence-electron chi connectivity index (χ2n) is 9.89. The van der Waals surface area contributed by atoms with Gasteiger partial charge in [-0.2, -0.15) is 0 Å². The molecule has 194 valence electrons. The van der Waals surface area contributed by atoms with Crippen molar-refractivity contribution in [3.63, 3.8) is 0 Å². The quantitative estimate of drug-likeness (QED) is 0.164. The zero-order chi connectivity index (χ0) is 25.3. The van der Waals surface area contributed by atoms with E-state index in [1.54, 1.807) is 25.7 Å². The first-order valence-corrected chi connectivity index (χ1v) is 13.6. The summed E-state index contributed by atoms with van der Waals surface area (Å²) in [5, 5.41) is 26.6. The lowest BCUT2D eigenvalue weighted by atomic mass is 9.83. The molecule has 0 aromatic heterocycles. The summed E-state index contributed by atoms with van der Waals surface area (Å²) < 4.78 is 22.8. The van der Waals surface area contributed by atoms with Gasteiger partial charge >= 0.3 is 0 Å². The van der Waals surface area contributed by atoms with Crippen LogP contribution >= 0.6 is 7.75 Å². The summed E-state index contributed by atoms with van der Waals surface area (Å²) in [6.45, 7) is 14.7. The molecule has 5 atom stereocenters. The Labute approximate surface area is 198 Å². The minimum atomic E-state index is -4.49. The van der Waals surface area contributed by atoms with E-state index in [0.29, 0.717) is 0 Å². The molecule has 0 aromatic carbocycles. The number of rotatable bonds is 9. The maximum Gasteiger partial charge on any atom is 0.204 e. The van der Waals surface area contributed by atoms with E-state index in [-0.39, 0.29) is 5.92 Å². The number of hydrogen-bond donors (Lipinski definition) is 4. The SMILES string of the molecule is CC(C)(C)NP(=O)([O-])OC[C@@]1(N=[N+]=[N-])O[C@@H](C2CCCCC2)[C@H](O)[C@@H]1O.CC[NH+](CC)CC. The van der Waals surface area contributed by atoms with Gasteiger partial charge in [0.1, 0.15) is 12.2 Å². The summed E-state index contributed by atoms with van der Waals surface area (Å²) >= 11 is 0. The van der Waals surface area contributed by atoms with Gasteiger partial charge in [-0.25, -0.2) is 0 Å². The zero-order valence-electron chi connectivity index (χ0n) is 21.0. The van der Waals surface area contributed by atoms with Gasteiger partial charge in [0.25, 0.3) is 0 Å². The summed E-state index contributed by atoms with van der Waals surface area (Å²) in [7, 11) is -4.49. The molecule has 0 aromatic rings. The third-order valence-corrected chi connectivity index (χ3v) is 7.62. The number of nitrogens with one attached hydrogen (secondary N) is 2. The van der Waals surface area contributed by atoms with Gasteiger partial charge in [0.05, 0.1) is 32.3 Å². The van der Waals surface area contributed by atoms with Crippen molar-refractivity contribution in [2.24, 2.45) is 11.0 Å². The highest BCUT2D eigenvalue weighted by molar-refractivity contribution is 7.49. The Hall–Kier alpha value is -0.740. The van der Waals surface area contributed by atoms with E-state index in [9.17, 15) is 19.7 Å². The first-order chi connectivity index (χ1) is 15.3. The van der Waals surface area contributed by atoms with Crippen molar-refractivity contribution in [1.82, 2.24) is 5.09 Å². The van der Waals surface area contributed by atoms with Crippen molar-refractivity contribution in [2.45, 2.75) is 103 Å². The van der Waals surface area contributed by atoms with Crippen LogP contribution in [-0.2, 0) is 13.8 Å². The van der Waals surface area contributed by atoms with Crippen molar-refractivity contribution in [1.29, 1.82) is 0 Å². The fourth-order valence-electron chi connectivity index (χ4n) is 4.34. The lowest BCUT2D eigenvalue weighted by Gasteiger charge is -2.35. The maximum absolute atomic E-state index is 12.1. The molecule has 4 N–H and O–H groups in total. The van der Waals surface area contributed by atoms with Gasteiger partial charge in [0.2, 0.25) is 7.75 Å². The van der Waals surface area contributed by atoms with E-state index < -0.39 is 43.9 Å². The highest BCUT2D eigenvalue weighted by atomic mass is 31.2. The first-order valence-electron chi connectivity index (χ1n) is 12.0. The average molecular weight is 494 g/mol. The average Bonchev–Trinajstić information content (AvgIpc) is 2.99. The minimum absolute atomic E-state index is 0.0101. The van der Waals surface area contributed by atoms with Crippen LogP contribution in [0.1, 0.15) is 73.6 Å². The molecule has 11 nitrogen and oxygen atoms in total. The number of quaternary nitrogens is 1. The van der Waals surface area contributed by atoms with Crippen LogP contribution in [0.2, 0.25) is 0 Å². The number of aliphatic hydroxyl groups is 2. The molecule has 1 aliphatic carbocycles. The summed E-state index contributed by atoms with van der Waals surface area (Å²) in [6.07, 6.45) is 1.13. The largest absolute Gasteiger partial charge is 0.766 e. The number of azide groups is 1. The molecule has 0 spiro atoms. The summed E-state index contributed by atoms with van der Waals surface area (Å²) in [5.41, 5.74) is 6.12. The molecule has 2 fully saturated rings. The normalized spacial score (nSPS) is 30.3. The molecule has 1 saturated carbocycles. The second-order valence-corrected chi connectivity index (χ2v) is 11.4. The Morgan fingerprint density at radius 1 is 1.21 bits per heavy atom. The Kier molecular flexibility index (Phi) is 12.3. The van der Waals surface area contributed by atoms with E-state index >= 15 is 0 Å². The molecular weight excluding hydrogens is 449 g/mol. The fourth-order valence-corrected chi connectivity index (χ4v) is 5.58. The number of aliphatic hydroxyl groups excluding tert-OH is 2. The van der Waals surface area contributed by atoms with E-state index in [2.05, 4.69) is 35.9 Å². The van der Waals surface area contributed by atoms with Crippen LogP contribution in [0.15, 0.2) is 5.11 Å². The Morgan fingerprint density at radius 3 is 2.18 bits per heavy atom. The van der Waals surface area contributed by atoms with E-state index in [4.69, 9.17) is 14.8 Å². The Bertz CT molecular complexity index is 671. The lowest BCUT2D eigenvalue weighted by molar-refractivity contribution is -0.894. The molecule has 0 amide bonds. The van der Waals surface area contributed by atoms with Crippen molar-refractivity contribution in [2.75, 3.05) is 26.2 Å². The topological polar surface area (TPSA) is 164 Å². The highest BCUT2D eigenvalue weighted by Gasteiger charge is 2.56. The van der Waals surface area contributed by atoms with Crippen LogP contribution < -0.4 is 14.9 Å². The number of ether oxygens (including phenoxy) is 1. The molecule has 33 heavy (non-hydrogen) atoms. The smallest absolute Gasteiger partial charge is 0.204 e. The fraction of sp³-hybridized carbons (Fsp3) is 1.00. The molecule has 2 aliphatic rings. The van der Waals surface area contributed by atoms with E-state index in [1.807, 2.05) is 0 Å². The Balaban J connectivity index is 0.000000675. The molecule has 1 saturated heterocycles.